The van der Waals surface area contributed by atoms with Crippen LogP contribution in [0.4, 0.5) is 14.6 Å². The van der Waals surface area contributed by atoms with E-state index in [-0.39, 0.29) is 23.6 Å². The highest BCUT2D eigenvalue weighted by molar-refractivity contribution is 5.81. The first-order valence-corrected chi connectivity index (χ1v) is 5.39. The van der Waals surface area contributed by atoms with Crippen molar-refractivity contribution in [2.24, 2.45) is 0 Å². The van der Waals surface area contributed by atoms with Gasteiger partial charge in [0.25, 0.3) is 0 Å². The molecule has 0 radical (unpaired) electrons. The average molecular weight is 269 g/mol. The topological polar surface area (TPSA) is 99.1 Å². The predicted molar refractivity (Wildman–Crippen MR) is 59.9 cm³/mol. The van der Waals surface area contributed by atoms with E-state index in [1.807, 2.05) is 0 Å². The number of nitrogens with zero attached hydrogens (tertiary/aromatic N) is 4. The molecular formula is C10H9F2N5O2. The molecular weight excluding hydrogens is 260 g/mol. The fourth-order valence-corrected chi connectivity index (χ4v) is 1.91. The molecule has 0 aliphatic carbocycles. The monoisotopic (exact) mass is 269 g/mol. The van der Waals surface area contributed by atoms with Crippen molar-refractivity contribution in [1.82, 2.24) is 19.5 Å². The molecule has 0 saturated heterocycles. The predicted octanol–water partition coefficient (Wildman–Crippen LogP) is 0.291. The number of rotatable bonds is 2. The lowest BCUT2D eigenvalue weighted by Gasteiger charge is -2.14. The quantitative estimate of drug-likeness (QED) is 0.760. The molecule has 19 heavy (non-hydrogen) atoms. The Kier molecular flexibility index (Phi) is 2.64. The maximum absolute atomic E-state index is 13.7. The van der Waals surface area contributed by atoms with Crippen molar-refractivity contribution in [3.8, 4) is 0 Å². The standard InChI is InChI=1S/C10H9F2N5O2/c11-5-1-4(2-18)19-9(5)17-3-14-6-7(13)15-10(12)16-8(6)17/h1,3-4,9,18H,2H2,(H2,13,15,16)/t4-,9-/m0/s1. The van der Waals surface area contributed by atoms with Crippen LogP contribution < -0.4 is 5.73 Å². The number of imidazole rings is 1. The second-order valence-corrected chi connectivity index (χ2v) is 3.96. The van der Waals surface area contributed by atoms with Gasteiger partial charge in [0.15, 0.2) is 23.2 Å². The van der Waals surface area contributed by atoms with Crippen LogP contribution in [0.2, 0.25) is 0 Å². The van der Waals surface area contributed by atoms with Gasteiger partial charge in [-0.05, 0) is 6.08 Å². The molecule has 0 unspecified atom stereocenters. The number of nitrogens with two attached hydrogens (primary N) is 1. The molecule has 1 aliphatic rings. The van der Waals surface area contributed by atoms with E-state index in [1.165, 1.54) is 10.9 Å². The first-order chi connectivity index (χ1) is 9.10. The van der Waals surface area contributed by atoms with Gasteiger partial charge in [0.1, 0.15) is 11.9 Å². The smallest absolute Gasteiger partial charge is 0.312 e. The van der Waals surface area contributed by atoms with E-state index in [4.69, 9.17) is 15.6 Å². The van der Waals surface area contributed by atoms with Crippen LogP contribution >= 0.6 is 0 Å². The summed E-state index contributed by atoms with van der Waals surface area (Å²) in [7, 11) is 0. The number of hydrogen-bond donors (Lipinski definition) is 2. The van der Waals surface area contributed by atoms with Crippen LogP contribution in [0.25, 0.3) is 11.2 Å². The molecule has 9 heteroatoms. The molecule has 2 aromatic heterocycles. The van der Waals surface area contributed by atoms with Gasteiger partial charge < -0.3 is 15.6 Å². The third-order valence-electron chi connectivity index (χ3n) is 2.74. The molecule has 0 aromatic carbocycles. The van der Waals surface area contributed by atoms with E-state index in [2.05, 4.69) is 15.0 Å². The van der Waals surface area contributed by atoms with Crippen LogP contribution in [0.15, 0.2) is 18.2 Å². The first-order valence-electron chi connectivity index (χ1n) is 5.39. The van der Waals surface area contributed by atoms with Crippen molar-refractivity contribution in [3.63, 3.8) is 0 Å². The molecule has 3 heterocycles. The van der Waals surface area contributed by atoms with Crippen LogP contribution in [0.1, 0.15) is 6.23 Å². The highest BCUT2D eigenvalue weighted by Gasteiger charge is 2.30. The minimum atomic E-state index is -1.14. The summed E-state index contributed by atoms with van der Waals surface area (Å²) >= 11 is 0. The van der Waals surface area contributed by atoms with E-state index in [1.54, 1.807) is 0 Å². The summed E-state index contributed by atoms with van der Waals surface area (Å²) in [5.41, 5.74) is 5.68. The number of aliphatic hydroxyl groups excluding tert-OH is 1. The Morgan fingerprint density at radius 2 is 2.21 bits per heavy atom. The van der Waals surface area contributed by atoms with Gasteiger partial charge in [0.2, 0.25) is 0 Å². The fourth-order valence-electron chi connectivity index (χ4n) is 1.91. The largest absolute Gasteiger partial charge is 0.393 e. The Balaban J connectivity index is 2.10. The molecule has 2 aromatic rings. The summed E-state index contributed by atoms with van der Waals surface area (Å²) in [5, 5.41) is 8.93. The number of ether oxygens (including phenoxy) is 1. The molecule has 0 amide bonds. The van der Waals surface area contributed by atoms with Crippen LogP contribution in [0.5, 0.6) is 0 Å². The van der Waals surface area contributed by atoms with E-state index >= 15 is 0 Å². The Labute approximate surface area is 105 Å². The number of anilines is 1. The minimum Gasteiger partial charge on any atom is -0.393 e. The zero-order valence-electron chi connectivity index (χ0n) is 9.49. The van der Waals surface area contributed by atoms with Crippen molar-refractivity contribution in [1.29, 1.82) is 0 Å². The molecule has 0 spiro atoms. The van der Waals surface area contributed by atoms with Gasteiger partial charge in [-0.15, -0.1) is 0 Å². The Hall–Kier alpha value is -2.13. The van der Waals surface area contributed by atoms with Crippen LogP contribution in [0, 0.1) is 6.08 Å². The second kappa shape index (κ2) is 4.21. The lowest BCUT2D eigenvalue weighted by Crippen LogP contribution is -2.16. The van der Waals surface area contributed by atoms with Gasteiger partial charge in [-0.25, -0.2) is 9.37 Å². The molecule has 2 atom stereocenters. The van der Waals surface area contributed by atoms with Gasteiger partial charge in [-0.1, -0.05) is 0 Å². The zero-order chi connectivity index (χ0) is 13.6. The number of halogens is 2. The number of fused-ring (bicyclic) bond motifs is 1. The summed E-state index contributed by atoms with van der Waals surface area (Å²) in [4.78, 5) is 10.8. The third-order valence-corrected chi connectivity index (χ3v) is 2.74. The molecule has 1 aliphatic heterocycles. The lowest BCUT2D eigenvalue weighted by molar-refractivity contribution is -0.0174. The molecule has 0 fully saturated rings. The SMILES string of the molecule is Nc1nc(F)nc2c1ncn2[C@H]1O[C@H](CO)C=C1F. The number of aliphatic hydroxyl groups is 1. The maximum atomic E-state index is 13.7. The summed E-state index contributed by atoms with van der Waals surface area (Å²) in [6.07, 6.45) is -0.570. The Morgan fingerprint density at radius 1 is 1.42 bits per heavy atom. The summed E-state index contributed by atoms with van der Waals surface area (Å²) in [5.74, 6) is -0.752. The zero-order valence-corrected chi connectivity index (χ0v) is 9.49. The van der Waals surface area contributed by atoms with Gasteiger partial charge in [-0.2, -0.15) is 14.4 Å². The lowest BCUT2D eigenvalue weighted by atomic mass is 10.3. The van der Waals surface area contributed by atoms with E-state index in [9.17, 15) is 8.78 Å². The van der Waals surface area contributed by atoms with Crippen molar-refractivity contribution in [2.75, 3.05) is 12.3 Å². The molecule has 7 nitrogen and oxygen atoms in total. The number of aromatic nitrogens is 4. The van der Waals surface area contributed by atoms with Crippen molar-refractivity contribution < 1.29 is 18.6 Å². The van der Waals surface area contributed by atoms with Crippen molar-refractivity contribution in [2.45, 2.75) is 12.3 Å². The molecule has 100 valence electrons. The maximum Gasteiger partial charge on any atom is 0.312 e. The van der Waals surface area contributed by atoms with E-state index in [0.29, 0.717) is 0 Å². The van der Waals surface area contributed by atoms with Crippen LogP contribution in [-0.4, -0.2) is 37.3 Å². The van der Waals surface area contributed by atoms with Gasteiger partial charge >= 0.3 is 6.08 Å². The normalized spacial score (nSPS) is 23.0. The second-order valence-electron chi connectivity index (χ2n) is 3.96. The minimum absolute atomic E-state index is 0.0251. The van der Waals surface area contributed by atoms with Crippen LogP contribution in [0.3, 0.4) is 0 Å². The van der Waals surface area contributed by atoms with Crippen LogP contribution in [-0.2, 0) is 4.74 Å². The van der Waals surface area contributed by atoms with Gasteiger partial charge in [0.05, 0.1) is 12.9 Å². The number of hydrogen-bond acceptors (Lipinski definition) is 6. The molecule has 3 N–H and O–H groups in total. The fraction of sp³-hybridized carbons (Fsp3) is 0.300. The molecule has 3 rings (SSSR count). The van der Waals surface area contributed by atoms with E-state index in [0.717, 1.165) is 6.08 Å². The van der Waals surface area contributed by atoms with Gasteiger partial charge in [0, 0.05) is 0 Å². The van der Waals surface area contributed by atoms with Crippen molar-refractivity contribution in [3.05, 3.63) is 24.3 Å². The molecule has 0 saturated carbocycles. The summed E-state index contributed by atoms with van der Waals surface area (Å²) in [6, 6.07) is 0. The Morgan fingerprint density at radius 3 is 2.89 bits per heavy atom. The van der Waals surface area contributed by atoms with Crippen molar-refractivity contribution >= 4 is 17.0 Å². The van der Waals surface area contributed by atoms with Gasteiger partial charge in [-0.3, -0.25) is 4.57 Å². The van der Waals surface area contributed by atoms with E-state index < -0.39 is 24.2 Å². The summed E-state index contributed by atoms with van der Waals surface area (Å²) < 4.78 is 33.3. The molecule has 0 bridgehead atoms. The highest BCUT2D eigenvalue weighted by atomic mass is 19.1. The highest BCUT2D eigenvalue weighted by Crippen LogP contribution is 2.32. The third kappa shape index (κ3) is 1.83. The summed E-state index contributed by atoms with van der Waals surface area (Å²) in [6.45, 7) is -0.359. The number of nitrogen functional groups attached to an aromatic ring is 1. The first kappa shape index (κ1) is 11.9. The average Bonchev–Trinajstić information content (AvgIpc) is 2.92. The Bertz CT molecular complexity index is 671.